The van der Waals surface area contributed by atoms with Crippen molar-refractivity contribution in [3.8, 4) is 0 Å². The number of carbonyl (C=O) groups excluding carboxylic acids is 1. The zero-order valence-corrected chi connectivity index (χ0v) is 12.0. The molecule has 0 aromatic heterocycles. The third-order valence-electron chi connectivity index (χ3n) is 3.33. The Morgan fingerprint density at radius 1 is 1.41 bits per heavy atom. The van der Waals surface area contributed by atoms with Gasteiger partial charge in [-0.3, -0.25) is 9.69 Å². The maximum absolute atomic E-state index is 12.1. The van der Waals surface area contributed by atoms with Gasteiger partial charge in [-0.2, -0.15) is 0 Å². The van der Waals surface area contributed by atoms with Crippen LogP contribution in [0.15, 0.2) is 0 Å². The van der Waals surface area contributed by atoms with Crippen LogP contribution in [0, 0.1) is 0 Å². The number of nitrogens with one attached hydrogen (secondary N) is 1. The van der Waals surface area contributed by atoms with E-state index in [0.717, 1.165) is 25.9 Å². The van der Waals surface area contributed by atoms with E-state index >= 15 is 0 Å². The van der Waals surface area contributed by atoms with Crippen molar-refractivity contribution < 1.29 is 4.79 Å². The maximum atomic E-state index is 12.1. The van der Waals surface area contributed by atoms with Crippen molar-refractivity contribution in [2.45, 2.75) is 59.0 Å². The van der Waals surface area contributed by atoms with Crippen LogP contribution in [-0.2, 0) is 4.79 Å². The molecule has 1 amide bonds. The summed E-state index contributed by atoms with van der Waals surface area (Å²) < 4.78 is 0. The summed E-state index contributed by atoms with van der Waals surface area (Å²) in [5.74, 6) is 0.107. The van der Waals surface area contributed by atoms with Crippen LogP contribution in [0.3, 0.4) is 0 Å². The minimum Gasteiger partial charge on any atom is -0.350 e. The third-order valence-corrected chi connectivity index (χ3v) is 3.33. The second-order valence-electron chi connectivity index (χ2n) is 5.17. The molecular weight excluding hydrogens is 214 g/mol. The summed E-state index contributed by atoms with van der Waals surface area (Å²) in [6, 6.07) is -0.0858. The number of hydrogen-bond donors (Lipinski definition) is 2. The Hall–Kier alpha value is -0.610. The lowest BCUT2D eigenvalue weighted by Crippen LogP contribution is -2.52. The molecule has 17 heavy (non-hydrogen) atoms. The predicted molar refractivity (Wildman–Crippen MR) is 72.9 cm³/mol. The number of rotatable bonds is 8. The first-order valence-electron chi connectivity index (χ1n) is 6.64. The lowest BCUT2D eigenvalue weighted by molar-refractivity contribution is -0.127. The molecule has 1 unspecified atom stereocenters. The molecule has 4 nitrogen and oxygen atoms in total. The standard InChI is InChI=1S/C13H29N3O/c1-6-13(4,5)15-12(17)11(3)16(7-2)10-8-9-14/h11H,6-10,14H2,1-5H3,(H,15,17). The van der Waals surface area contributed by atoms with E-state index in [2.05, 4.69) is 24.1 Å². The number of nitrogens with two attached hydrogens (primary N) is 1. The first-order chi connectivity index (χ1) is 7.87. The van der Waals surface area contributed by atoms with Crippen LogP contribution in [0.4, 0.5) is 0 Å². The van der Waals surface area contributed by atoms with Crippen LogP contribution in [0.5, 0.6) is 0 Å². The predicted octanol–water partition coefficient (Wildman–Crippen LogP) is 1.35. The zero-order valence-electron chi connectivity index (χ0n) is 12.0. The van der Waals surface area contributed by atoms with E-state index in [1.54, 1.807) is 0 Å². The van der Waals surface area contributed by atoms with Crippen LogP contribution in [0.2, 0.25) is 0 Å². The first kappa shape index (κ1) is 16.4. The van der Waals surface area contributed by atoms with Crippen LogP contribution in [0.25, 0.3) is 0 Å². The van der Waals surface area contributed by atoms with Gasteiger partial charge in [0, 0.05) is 12.1 Å². The molecule has 0 aliphatic carbocycles. The highest BCUT2D eigenvalue weighted by Gasteiger charge is 2.24. The summed E-state index contributed by atoms with van der Waals surface area (Å²) in [5.41, 5.74) is 5.38. The lowest BCUT2D eigenvalue weighted by atomic mass is 10.0. The maximum Gasteiger partial charge on any atom is 0.237 e. The largest absolute Gasteiger partial charge is 0.350 e. The summed E-state index contributed by atoms with van der Waals surface area (Å²) >= 11 is 0. The molecule has 4 heteroatoms. The summed E-state index contributed by atoms with van der Waals surface area (Å²) in [7, 11) is 0. The molecule has 0 spiro atoms. The number of likely N-dealkylation sites (N-methyl/N-ethyl adjacent to an activating group) is 1. The normalized spacial score (nSPS) is 13.8. The van der Waals surface area contributed by atoms with Crippen LogP contribution in [-0.4, -0.2) is 42.0 Å². The summed E-state index contributed by atoms with van der Waals surface area (Å²) in [5, 5.41) is 3.09. The van der Waals surface area contributed by atoms with Gasteiger partial charge < -0.3 is 11.1 Å². The van der Waals surface area contributed by atoms with Crippen molar-refractivity contribution in [1.82, 2.24) is 10.2 Å². The Kier molecular flexibility index (Phi) is 7.39. The first-order valence-corrected chi connectivity index (χ1v) is 6.64. The van der Waals surface area contributed by atoms with Crippen molar-refractivity contribution in [1.29, 1.82) is 0 Å². The highest BCUT2D eigenvalue weighted by Crippen LogP contribution is 2.09. The molecule has 0 heterocycles. The van der Waals surface area contributed by atoms with Crippen molar-refractivity contribution >= 4 is 5.91 Å². The number of amides is 1. The highest BCUT2D eigenvalue weighted by atomic mass is 16.2. The number of carbonyl (C=O) groups is 1. The topological polar surface area (TPSA) is 58.4 Å². The average Bonchev–Trinajstić information content (AvgIpc) is 2.29. The van der Waals surface area contributed by atoms with Crippen LogP contribution >= 0.6 is 0 Å². The molecule has 0 aliphatic rings. The second kappa shape index (κ2) is 7.67. The molecule has 0 aromatic carbocycles. The molecule has 0 rings (SSSR count). The second-order valence-corrected chi connectivity index (χ2v) is 5.17. The Balaban J connectivity index is 4.35. The van der Waals surface area contributed by atoms with Gasteiger partial charge in [0.15, 0.2) is 0 Å². The molecule has 0 bridgehead atoms. The lowest BCUT2D eigenvalue weighted by Gasteiger charge is -2.31. The van der Waals surface area contributed by atoms with E-state index < -0.39 is 0 Å². The Morgan fingerprint density at radius 3 is 2.41 bits per heavy atom. The van der Waals surface area contributed by atoms with Crippen LogP contribution in [0.1, 0.15) is 47.5 Å². The van der Waals surface area contributed by atoms with Crippen LogP contribution < -0.4 is 11.1 Å². The fraction of sp³-hybridized carbons (Fsp3) is 0.923. The van der Waals surface area contributed by atoms with Gasteiger partial charge in [-0.15, -0.1) is 0 Å². The monoisotopic (exact) mass is 243 g/mol. The minimum absolute atomic E-state index is 0.0858. The van der Waals surface area contributed by atoms with E-state index in [1.165, 1.54) is 0 Å². The summed E-state index contributed by atoms with van der Waals surface area (Å²) in [4.78, 5) is 14.3. The fourth-order valence-electron chi connectivity index (χ4n) is 1.61. The Bertz CT molecular complexity index is 229. The molecule has 3 N–H and O–H groups in total. The van der Waals surface area contributed by atoms with Gasteiger partial charge in [-0.25, -0.2) is 0 Å². The van der Waals surface area contributed by atoms with E-state index in [1.807, 2.05) is 20.8 Å². The molecule has 0 aliphatic heterocycles. The van der Waals surface area contributed by atoms with E-state index in [4.69, 9.17) is 5.73 Å². The van der Waals surface area contributed by atoms with Gasteiger partial charge in [-0.1, -0.05) is 13.8 Å². The molecule has 0 radical (unpaired) electrons. The zero-order chi connectivity index (χ0) is 13.5. The smallest absolute Gasteiger partial charge is 0.237 e. The van der Waals surface area contributed by atoms with Gasteiger partial charge in [0.2, 0.25) is 5.91 Å². The fourth-order valence-corrected chi connectivity index (χ4v) is 1.61. The average molecular weight is 243 g/mol. The molecule has 0 saturated carbocycles. The van der Waals surface area contributed by atoms with Gasteiger partial charge >= 0.3 is 0 Å². The third kappa shape index (κ3) is 6.03. The number of nitrogens with zero attached hydrogens (tertiary/aromatic N) is 1. The van der Waals surface area contributed by atoms with Gasteiger partial charge in [0.1, 0.15) is 0 Å². The van der Waals surface area contributed by atoms with Gasteiger partial charge in [-0.05, 0) is 46.7 Å². The molecule has 0 fully saturated rings. The summed E-state index contributed by atoms with van der Waals surface area (Å²) in [6.45, 7) is 12.6. The highest BCUT2D eigenvalue weighted by molar-refractivity contribution is 5.81. The molecule has 0 saturated heterocycles. The quantitative estimate of drug-likeness (QED) is 0.676. The van der Waals surface area contributed by atoms with Gasteiger partial charge in [0.05, 0.1) is 6.04 Å². The summed E-state index contributed by atoms with van der Waals surface area (Å²) in [6.07, 6.45) is 1.86. The Labute approximate surface area is 106 Å². The van der Waals surface area contributed by atoms with Crippen molar-refractivity contribution in [2.75, 3.05) is 19.6 Å². The minimum atomic E-state index is -0.126. The van der Waals surface area contributed by atoms with E-state index in [9.17, 15) is 4.79 Å². The molecule has 0 aromatic rings. The van der Waals surface area contributed by atoms with Gasteiger partial charge in [0.25, 0.3) is 0 Å². The molecular formula is C13H29N3O. The Morgan fingerprint density at radius 2 is 2.00 bits per heavy atom. The van der Waals surface area contributed by atoms with E-state index in [0.29, 0.717) is 6.54 Å². The van der Waals surface area contributed by atoms with E-state index in [-0.39, 0.29) is 17.5 Å². The molecule has 102 valence electrons. The number of hydrogen-bond acceptors (Lipinski definition) is 3. The van der Waals surface area contributed by atoms with Crippen molar-refractivity contribution in [3.05, 3.63) is 0 Å². The van der Waals surface area contributed by atoms with Crippen molar-refractivity contribution in [3.63, 3.8) is 0 Å². The van der Waals surface area contributed by atoms with Crippen molar-refractivity contribution in [2.24, 2.45) is 5.73 Å². The molecule has 1 atom stereocenters. The SMILES string of the molecule is CCN(CCCN)C(C)C(=O)NC(C)(C)CC.